The number of hydrogen-bond acceptors (Lipinski definition) is 3. The fourth-order valence-corrected chi connectivity index (χ4v) is 2.76. The van der Waals surface area contributed by atoms with Crippen molar-refractivity contribution >= 4 is 17.5 Å². The number of para-hydroxylation sites is 1. The molecular formula is C16H21N3O2. The molecule has 1 heterocycles. The lowest BCUT2D eigenvalue weighted by Gasteiger charge is -2.35. The third-order valence-corrected chi connectivity index (χ3v) is 4.36. The van der Waals surface area contributed by atoms with Crippen molar-refractivity contribution in [3.63, 3.8) is 0 Å². The van der Waals surface area contributed by atoms with E-state index in [2.05, 4.69) is 0 Å². The molecule has 5 heteroatoms. The van der Waals surface area contributed by atoms with Crippen LogP contribution in [-0.4, -0.2) is 47.8 Å². The normalized spacial score (nSPS) is 18.7. The minimum Gasteiger partial charge on any atom is -0.398 e. The Labute approximate surface area is 124 Å². The number of hydrogen-bond donors (Lipinski definition) is 1. The van der Waals surface area contributed by atoms with Gasteiger partial charge in [-0.2, -0.15) is 0 Å². The molecule has 2 fully saturated rings. The molecule has 0 atom stereocenters. The molecular weight excluding hydrogens is 266 g/mol. The summed E-state index contributed by atoms with van der Waals surface area (Å²) in [5, 5.41) is 0. The van der Waals surface area contributed by atoms with E-state index in [0.717, 1.165) is 18.4 Å². The first kappa shape index (κ1) is 13.9. The first-order chi connectivity index (χ1) is 10.1. The Kier molecular flexibility index (Phi) is 3.57. The van der Waals surface area contributed by atoms with Crippen LogP contribution in [0.3, 0.4) is 0 Å². The number of benzene rings is 1. The molecule has 1 aliphatic carbocycles. The summed E-state index contributed by atoms with van der Waals surface area (Å²) in [6, 6.07) is 5.52. The highest BCUT2D eigenvalue weighted by Gasteiger charge is 2.35. The lowest BCUT2D eigenvalue weighted by molar-refractivity contribution is -0.134. The van der Waals surface area contributed by atoms with Crippen molar-refractivity contribution in [3.8, 4) is 0 Å². The summed E-state index contributed by atoms with van der Waals surface area (Å²) in [5.41, 5.74) is 8.04. The van der Waals surface area contributed by atoms with Gasteiger partial charge in [-0.05, 0) is 31.4 Å². The number of anilines is 1. The average molecular weight is 287 g/mol. The van der Waals surface area contributed by atoms with Crippen LogP contribution in [0.1, 0.15) is 28.8 Å². The van der Waals surface area contributed by atoms with E-state index in [1.54, 1.807) is 11.0 Å². The standard InChI is InChI=1S/C16H21N3O2/c1-11-3-2-4-13(14(11)17)16(21)19-9-7-18(8-10-19)15(20)12-5-6-12/h2-4,12H,5-10,17H2,1H3. The Morgan fingerprint density at radius 1 is 1.10 bits per heavy atom. The number of carbonyl (C=O) groups excluding carboxylic acids is 2. The van der Waals surface area contributed by atoms with Gasteiger partial charge in [0.15, 0.2) is 0 Å². The number of piperazine rings is 1. The van der Waals surface area contributed by atoms with Gasteiger partial charge in [0.25, 0.3) is 5.91 Å². The fourth-order valence-electron chi connectivity index (χ4n) is 2.76. The molecule has 0 bridgehead atoms. The van der Waals surface area contributed by atoms with Crippen LogP contribution in [0.5, 0.6) is 0 Å². The molecule has 3 rings (SSSR count). The van der Waals surface area contributed by atoms with Crippen LogP contribution < -0.4 is 5.73 Å². The van der Waals surface area contributed by atoms with Gasteiger partial charge in [-0.1, -0.05) is 12.1 Å². The molecule has 1 saturated heterocycles. The first-order valence-electron chi connectivity index (χ1n) is 7.51. The van der Waals surface area contributed by atoms with Gasteiger partial charge >= 0.3 is 0 Å². The quantitative estimate of drug-likeness (QED) is 0.833. The number of nitrogen functional groups attached to an aromatic ring is 1. The molecule has 0 radical (unpaired) electrons. The maximum absolute atomic E-state index is 12.5. The van der Waals surface area contributed by atoms with Crippen LogP contribution >= 0.6 is 0 Å². The maximum Gasteiger partial charge on any atom is 0.256 e. The van der Waals surface area contributed by atoms with E-state index >= 15 is 0 Å². The first-order valence-corrected chi connectivity index (χ1v) is 7.51. The van der Waals surface area contributed by atoms with E-state index in [9.17, 15) is 9.59 Å². The van der Waals surface area contributed by atoms with E-state index < -0.39 is 0 Å². The van der Waals surface area contributed by atoms with Crippen molar-refractivity contribution in [1.29, 1.82) is 0 Å². The molecule has 2 aliphatic rings. The Hall–Kier alpha value is -2.04. The average Bonchev–Trinajstić information content (AvgIpc) is 3.33. The molecule has 2 N–H and O–H groups in total. The van der Waals surface area contributed by atoms with E-state index in [1.807, 2.05) is 24.0 Å². The maximum atomic E-state index is 12.5. The van der Waals surface area contributed by atoms with Crippen LogP contribution in [-0.2, 0) is 4.79 Å². The van der Waals surface area contributed by atoms with Crippen molar-refractivity contribution in [1.82, 2.24) is 9.80 Å². The topological polar surface area (TPSA) is 66.6 Å². The van der Waals surface area contributed by atoms with E-state index in [4.69, 9.17) is 5.73 Å². The van der Waals surface area contributed by atoms with Crippen LogP contribution in [0.25, 0.3) is 0 Å². The highest BCUT2D eigenvalue weighted by molar-refractivity contribution is 5.99. The minimum atomic E-state index is -0.0327. The van der Waals surface area contributed by atoms with E-state index in [0.29, 0.717) is 37.4 Å². The number of amides is 2. The molecule has 0 unspecified atom stereocenters. The van der Waals surface area contributed by atoms with Crippen molar-refractivity contribution in [2.75, 3.05) is 31.9 Å². The van der Waals surface area contributed by atoms with Gasteiger partial charge in [0.1, 0.15) is 0 Å². The Morgan fingerprint density at radius 3 is 2.33 bits per heavy atom. The largest absolute Gasteiger partial charge is 0.398 e. The van der Waals surface area contributed by atoms with Gasteiger partial charge in [0.2, 0.25) is 5.91 Å². The summed E-state index contributed by atoms with van der Waals surface area (Å²) in [4.78, 5) is 28.2. The predicted molar refractivity (Wildman–Crippen MR) is 80.8 cm³/mol. The van der Waals surface area contributed by atoms with Gasteiger partial charge < -0.3 is 15.5 Å². The Morgan fingerprint density at radius 2 is 1.71 bits per heavy atom. The molecule has 2 amide bonds. The van der Waals surface area contributed by atoms with Crippen molar-refractivity contribution in [2.24, 2.45) is 5.92 Å². The second kappa shape index (κ2) is 5.39. The molecule has 112 valence electrons. The molecule has 21 heavy (non-hydrogen) atoms. The highest BCUT2D eigenvalue weighted by atomic mass is 16.2. The zero-order valence-corrected chi connectivity index (χ0v) is 12.3. The van der Waals surface area contributed by atoms with Gasteiger partial charge in [-0.3, -0.25) is 9.59 Å². The van der Waals surface area contributed by atoms with Crippen molar-refractivity contribution in [2.45, 2.75) is 19.8 Å². The SMILES string of the molecule is Cc1cccc(C(=O)N2CCN(C(=O)C3CC3)CC2)c1N. The predicted octanol–water partition coefficient (Wildman–Crippen LogP) is 1.27. The number of aryl methyl sites for hydroxylation is 1. The summed E-state index contributed by atoms with van der Waals surface area (Å²) in [5.74, 6) is 0.478. The van der Waals surface area contributed by atoms with Crippen LogP contribution in [0.4, 0.5) is 5.69 Å². The zero-order valence-electron chi connectivity index (χ0n) is 12.3. The van der Waals surface area contributed by atoms with Gasteiger partial charge in [0, 0.05) is 37.8 Å². The Balaban J connectivity index is 1.64. The Bertz CT molecular complexity index is 573. The van der Waals surface area contributed by atoms with Gasteiger partial charge in [-0.15, -0.1) is 0 Å². The lowest BCUT2D eigenvalue weighted by Crippen LogP contribution is -2.51. The van der Waals surface area contributed by atoms with Gasteiger partial charge in [-0.25, -0.2) is 0 Å². The van der Waals surface area contributed by atoms with Crippen molar-refractivity contribution < 1.29 is 9.59 Å². The molecule has 1 saturated carbocycles. The molecule has 5 nitrogen and oxygen atoms in total. The smallest absolute Gasteiger partial charge is 0.256 e. The summed E-state index contributed by atoms with van der Waals surface area (Å²) >= 11 is 0. The fraction of sp³-hybridized carbons (Fsp3) is 0.500. The summed E-state index contributed by atoms with van der Waals surface area (Å²) in [6.45, 7) is 4.34. The van der Waals surface area contributed by atoms with E-state index in [1.165, 1.54) is 0 Å². The second-order valence-corrected chi connectivity index (χ2v) is 5.93. The highest BCUT2D eigenvalue weighted by Crippen LogP contribution is 2.31. The van der Waals surface area contributed by atoms with Crippen LogP contribution in [0.2, 0.25) is 0 Å². The van der Waals surface area contributed by atoms with Gasteiger partial charge in [0.05, 0.1) is 5.56 Å². The minimum absolute atomic E-state index is 0.0327. The van der Waals surface area contributed by atoms with Crippen molar-refractivity contribution in [3.05, 3.63) is 29.3 Å². The third kappa shape index (κ3) is 2.73. The van der Waals surface area contributed by atoms with Crippen LogP contribution in [0.15, 0.2) is 18.2 Å². The number of nitrogens with two attached hydrogens (primary N) is 1. The monoisotopic (exact) mass is 287 g/mol. The van der Waals surface area contributed by atoms with Crippen LogP contribution in [0, 0.1) is 12.8 Å². The molecule has 1 aromatic rings. The lowest BCUT2D eigenvalue weighted by atomic mass is 10.1. The molecule has 1 aromatic carbocycles. The summed E-state index contributed by atoms with van der Waals surface area (Å²) in [7, 11) is 0. The zero-order chi connectivity index (χ0) is 15.0. The number of nitrogens with zero attached hydrogens (tertiary/aromatic N) is 2. The third-order valence-electron chi connectivity index (χ3n) is 4.36. The second-order valence-electron chi connectivity index (χ2n) is 5.93. The summed E-state index contributed by atoms with van der Waals surface area (Å²) in [6.07, 6.45) is 2.05. The number of rotatable bonds is 2. The molecule has 0 aromatic heterocycles. The van der Waals surface area contributed by atoms with E-state index in [-0.39, 0.29) is 17.7 Å². The number of carbonyl (C=O) groups is 2. The molecule has 0 spiro atoms. The molecule has 1 aliphatic heterocycles. The summed E-state index contributed by atoms with van der Waals surface area (Å²) < 4.78 is 0.